The fourth-order valence-electron chi connectivity index (χ4n) is 2.77. The molecule has 0 saturated heterocycles. The number of rotatable bonds is 9. The van der Waals surface area contributed by atoms with E-state index in [1.165, 1.54) is 28.6 Å². The Morgan fingerprint density at radius 2 is 1.81 bits per heavy atom. The molecule has 2 aromatic rings. The number of nitro groups is 1. The molecule has 0 saturated carbocycles. The number of benzene rings is 2. The molecule has 0 bridgehead atoms. The average molecular weight is 475 g/mol. The summed E-state index contributed by atoms with van der Waals surface area (Å²) in [4.78, 5) is 21.8. The van der Waals surface area contributed by atoms with Crippen LogP contribution < -0.4 is 10.1 Å². The number of ether oxygens (including phenoxy) is 1. The molecule has 0 radical (unpaired) electrons. The number of carbonyl (C=O) groups is 1. The molecule has 1 N–H and O–H groups in total. The standard InChI is InChI=1S/C19H20F3N3O6S/c1-3-24(4-2)32(29,30)15-7-5-6-13(10-15)23-18(26)12-31-17-9-8-14(25(27)28)11-16(17)19(20,21)22/h5-11H,3-4,12H2,1-2H3,(H,23,26). The van der Waals surface area contributed by atoms with Crippen LogP contribution in [0.5, 0.6) is 5.75 Å². The molecule has 0 aliphatic rings. The zero-order valence-corrected chi connectivity index (χ0v) is 17.9. The number of hydrogen-bond acceptors (Lipinski definition) is 6. The van der Waals surface area contributed by atoms with Crippen molar-refractivity contribution in [2.24, 2.45) is 0 Å². The van der Waals surface area contributed by atoms with E-state index >= 15 is 0 Å². The molecule has 0 unspecified atom stereocenters. The van der Waals surface area contributed by atoms with Gasteiger partial charge < -0.3 is 10.1 Å². The van der Waals surface area contributed by atoms with Crippen molar-refractivity contribution in [1.82, 2.24) is 4.31 Å². The number of sulfonamides is 1. The summed E-state index contributed by atoms with van der Waals surface area (Å²) in [6, 6.07) is 7.28. The second-order valence-corrected chi connectivity index (χ2v) is 8.33. The van der Waals surface area contributed by atoms with Crippen molar-refractivity contribution in [2.75, 3.05) is 25.0 Å². The van der Waals surface area contributed by atoms with Crippen molar-refractivity contribution in [1.29, 1.82) is 0 Å². The average Bonchev–Trinajstić information content (AvgIpc) is 2.72. The molecule has 0 aliphatic carbocycles. The normalized spacial score (nSPS) is 11.9. The summed E-state index contributed by atoms with van der Waals surface area (Å²) < 4.78 is 70.9. The van der Waals surface area contributed by atoms with Gasteiger partial charge in [-0.25, -0.2) is 8.42 Å². The van der Waals surface area contributed by atoms with Crippen LogP contribution in [0.2, 0.25) is 0 Å². The second-order valence-electron chi connectivity index (χ2n) is 6.39. The molecular weight excluding hydrogens is 455 g/mol. The molecular formula is C19H20F3N3O6S. The first-order valence-electron chi connectivity index (χ1n) is 9.28. The van der Waals surface area contributed by atoms with Gasteiger partial charge in [0, 0.05) is 30.9 Å². The highest BCUT2D eigenvalue weighted by atomic mass is 32.2. The maximum Gasteiger partial charge on any atom is 0.420 e. The zero-order chi connectivity index (χ0) is 24.1. The molecule has 13 heteroatoms. The van der Waals surface area contributed by atoms with Crippen LogP contribution in [0.25, 0.3) is 0 Å². The van der Waals surface area contributed by atoms with Crippen LogP contribution in [-0.4, -0.2) is 43.2 Å². The highest BCUT2D eigenvalue weighted by molar-refractivity contribution is 7.89. The maximum absolute atomic E-state index is 13.2. The number of carbonyl (C=O) groups excluding carboxylic acids is 1. The first-order valence-corrected chi connectivity index (χ1v) is 10.7. The first-order chi connectivity index (χ1) is 14.9. The van der Waals surface area contributed by atoms with E-state index in [1.54, 1.807) is 13.8 Å². The van der Waals surface area contributed by atoms with Gasteiger partial charge in [0.1, 0.15) is 11.3 Å². The van der Waals surface area contributed by atoms with Crippen LogP contribution in [0.1, 0.15) is 19.4 Å². The molecule has 174 valence electrons. The predicted octanol–water partition coefficient (Wildman–Crippen LogP) is 3.66. The lowest BCUT2D eigenvalue weighted by atomic mass is 10.1. The van der Waals surface area contributed by atoms with Gasteiger partial charge in [-0.1, -0.05) is 19.9 Å². The molecule has 0 aromatic heterocycles. The van der Waals surface area contributed by atoms with E-state index in [0.29, 0.717) is 6.07 Å². The van der Waals surface area contributed by atoms with Crippen molar-refractivity contribution in [2.45, 2.75) is 24.9 Å². The molecule has 32 heavy (non-hydrogen) atoms. The first kappa shape index (κ1) is 25.1. The Morgan fingerprint density at radius 1 is 1.16 bits per heavy atom. The van der Waals surface area contributed by atoms with E-state index in [9.17, 15) is 36.5 Å². The van der Waals surface area contributed by atoms with Crippen LogP contribution in [0.3, 0.4) is 0 Å². The van der Waals surface area contributed by atoms with Crippen molar-refractivity contribution in [3.8, 4) is 5.75 Å². The predicted molar refractivity (Wildman–Crippen MR) is 109 cm³/mol. The third kappa shape index (κ3) is 5.95. The third-order valence-corrected chi connectivity index (χ3v) is 6.35. The minimum Gasteiger partial charge on any atom is -0.483 e. The number of non-ortho nitro benzene ring substituents is 1. The van der Waals surface area contributed by atoms with E-state index in [4.69, 9.17) is 4.74 Å². The molecule has 9 nitrogen and oxygen atoms in total. The van der Waals surface area contributed by atoms with Gasteiger partial charge >= 0.3 is 6.18 Å². The van der Waals surface area contributed by atoms with Gasteiger partial charge in [0.25, 0.3) is 11.6 Å². The molecule has 0 spiro atoms. The Bertz CT molecular complexity index is 1100. The zero-order valence-electron chi connectivity index (χ0n) is 17.0. The van der Waals surface area contributed by atoms with Crippen LogP contribution in [-0.2, 0) is 21.0 Å². The van der Waals surface area contributed by atoms with Gasteiger partial charge in [-0.2, -0.15) is 17.5 Å². The Balaban J connectivity index is 2.16. The van der Waals surface area contributed by atoms with Crippen molar-refractivity contribution in [3.63, 3.8) is 0 Å². The maximum atomic E-state index is 13.2. The summed E-state index contributed by atoms with van der Waals surface area (Å²) in [6.45, 7) is 3.02. The Kier molecular flexibility index (Phi) is 7.80. The highest BCUT2D eigenvalue weighted by Crippen LogP contribution is 2.38. The minimum atomic E-state index is -4.94. The number of nitro benzene ring substituents is 1. The summed E-state index contributed by atoms with van der Waals surface area (Å²) in [5, 5.41) is 13.1. The van der Waals surface area contributed by atoms with Gasteiger partial charge in [-0.15, -0.1) is 0 Å². The number of anilines is 1. The summed E-state index contributed by atoms with van der Waals surface area (Å²) in [5.41, 5.74) is -2.07. The van der Waals surface area contributed by atoms with Crippen LogP contribution in [0, 0.1) is 10.1 Å². The largest absolute Gasteiger partial charge is 0.483 e. The monoisotopic (exact) mass is 475 g/mol. The molecule has 0 heterocycles. The molecule has 1 amide bonds. The van der Waals surface area contributed by atoms with E-state index < -0.39 is 50.6 Å². The molecule has 2 rings (SSSR count). The van der Waals surface area contributed by atoms with Crippen LogP contribution in [0.15, 0.2) is 47.4 Å². The lowest BCUT2D eigenvalue weighted by Gasteiger charge is -2.19. The van der Waals surface area contributed by atoms with Gasteiger partial charge in [0.05, 0.1) is 9.82 Å². The second kappa shape index (κ2) is 9.96. The summed E-state index contributed by atoms with van der Waals surface area (Å²) in [5.74, 6) is -1.61. The van der Waals surface area contributed by atoms with Crippen LogP contribution >= 0.6 is 0 Å². The van der Waals surface area contributed by atoms with Gasteiger partial charge in [-0.05, 0) is 24.3 Å². The lowest BCUT2D eigenvalue weighted by molar-refractivity contribution is -0.385. The van der Waals surface area contributed by atoms with E-state index in [-0.39, 0.29) is 23.7 Å². The van der Waals surface area contributed by atoms with Crippen molar-refractivity contribution in [3.05, 3.63) is 58.1 Å². The molecule has 0 aliphatic heterocycles. The Hall–Kier alpha value is -3.19. The smallest absolute Gasteiger partial charge is 0.420 e. The molecule has 2 aromatic carbocycles. The van der Waals surface area contributed by atoms with E-state index in [1.807, 2.05) is 0 Å². The SMILES string of the molecule is CCN(CC)S(=O)(=O)c1cccc(NC(=O)COc2ccc([N+](=O)[O-])cc2C(F)(F)F)c1. The Morgan fingerprint density at radius 3 is 2.38 bits per heavy atom. The lowest BCUT2D eigenvalue weighted by Crippen LogP contribution is -2.30. The third-order valence-electron chi connectivity index (χ3n) is 4.30. The molecule has 0 atom stereocenters. The fourth-order valence-corrected chi connectivity index (χ4v) is 4.27. The summed E-state index contributed by atoms with van der Waals surface area (Å²) >= 11 is 0. The number of hydrogen-bond donors (Lipinski definition) is 1. The van der Waals surface area contributed by atoms with Crippen molar-refractivity contribution >= 4 is 27.3 Å². The number of nitrogens with zero attached hydrogens (tertiary/aromatic N) is 2. The fraction of sp³-hybridized carbons (Fsp3) is 0.316. The van der Waals surface area contributed by atoms with Crippen molar-refractivity contribution < 1.29 is 36.0 Å². The van der Waals surface area contributed by atoms with Gasteiger partial charge in [-0.3, -0.25) is 14.9 Å². The number of halogens is 3. The highest BCUT2D eigenvalue weighted by Gasteiger charge is 2.36. The van der Waals surface area contributed by atoms with Gasteiger partial charge in [0.15, 0.2) is 6.61 Å². The molecule has 0 fully saturated rings. The minimum absolute atomic E-state index is 0.0605. The van der Waals surface area contributed by atoms with E-state index in [0.717, 1.165) is 12.1 Å². The van der Waals surface area contributed by atoms with Crippen LogP contribution in [0.4, 0.5) is 24.5 Å². The van der Waals surface area contributed by atoms with Gasteiger partial charge in [0.2, 0.25) is 10.0 Å². The topological polar surface area (TPSA) is 119 Å². The number of amides is 1. The Labute approximate surface area is 182 Å². The summed E-state index contributed by atoms with van der Waals surface area (Å²) in [6.07, 6.45) is -4.94. The summed E-state index contributed by atoms with van der Waals surface area (Å²) in [7, 11) is -3.78. The van der Waals surface area contributed by atoms with E-state index in [2.05, 4.69) is 5.32 Å². The number of nitrogens with one attached hydrogen (secondary N) is 1. The quantitative estimate of drug-likeness (QED) is 0.437. The number of alkyl halides is 3.